The predicted molar refractivity (Wildman–Crippen MR) is 409 cm³/mol. The summed E-state index contributed by atoms with van der Waals surface area (Å²) < 4.78 is 68.7. The SMILES string of the molecule is CCC(C)CCCCCCCCCCCCCCCCC(=O)OC[C@H](COP(=O)(O)OCC(O)COP(=O)(O)OC[C@@H](COC(=O)CCCCCCCCCC(C)C)OC(=O)CCCCCCCCCCCCCCCCC(C)CC)OC(=O)CCCCCCCCCCCCC(C)CC. The Morgan fingerprint density at radius 3 is 0.710 bits per heavy atom. The van der Waals surface area contributed by atoms with Crippen LogP contribution in [0.2, 0.25) is 0 Å². The van der Waals surface area contributed by atoms with Gasteiger partial charge in [0.25, 0.3) is 0 Å². The Hall–Kier alpha value is -1.94. The molecule has 0 spiro atoms. The van der Waals surface area contributed by atoms with E-state index < -0.39 is 97.5 Å². The Morgan fingerprint density at radius 2 is 0.480 bits per heavy atom. The fourth-order valence-corrected chi connectivity index (χ4v) is 13.9. The molecule has 0 aliphatic heterocycles. The van der Waals surface area contributed by atoms with Crippen LogP contribution in [0.1, 0.15) is 415 Å². The molecule has 0 aromatic heterocycles. The van der Waals surface area contributed by atoms with Crippen LogP contribution < -0.4 is 0 Å². The summed E-state index contributed by atoms with van der Waals surface area (Å²) in [5.74, 6) is 1.09. The monoisotopic (exact) mass is 1470 g/mol. The lowest BCUT2D eigenvalue weighted by atomic mass is 9.99. The van der Waals surface area contributed by atoms with E-state index in [0.29, 0.717) is 31.6 Å². The van der Waals surface area contributed by atoms with Gasteiger partial charge in [0.2, 0.25) is 0 Å². The quantitative estimate of drug-likeness (QED) is 0.0222. The topological polar surface area (TPSA) is 237 Å². The first-order valence-electron chi connectivity index (χ1n) is 41.8. The summed E-state index contributed by atoms with van der Waals surface area (Å²) in [6.07, 6.45) is 56.7. The van der Waals surface area contributed by atoms with Crippen molar-refractivity contribution in [2.45, 2.75) is 433 Å². The molecule has 0 saturated heterocycles. The second-order valence-electron chi connectivity index (χ2n) is 30.4. The van der Waals surface area contributed by atoms with Crippen LogP contribution in [0.3, 0.4) is 0 Å². The van der Waals surface area contributed by atoms with Crippen molar-refractivity contribution in [3.8, 4) is 0 Å². The van der Waals surface area contributed by atoms with Crippen LogP contribution in [0, 0.1) is 23.7 Å². The number of unbranched alkanes of at least 4 members (excludes halogenated alkanes) is 41. The van der Waals surface area contributed by atoms with Gasteiger partial charge in [0, 0.05) is 25.7 Å². The van der Waals surface area contributed by atoms with Gasteiger partial charge in [-0.25, -0.2) is 9.13 Å². The Balaban J connectivity index is 5.24. The van der Waals surface area contributed by atoms with Gasteiger partial charge in [-0.1, -0.05) is 364 Å². The molecule has 0 fully saturated rings. The maximum absolute atomic E-state index is 13.1. The number of rotatable bonds is 78. The van der Waals surface area contributed by atoms with Crippen molar-refractivity contribution in [1.82, 2.24) is 0 Å². The van der Waals surface area contributed by atoms with Crippen LogP contribution in [0.15, 0.2) is 0 Å². The second kappa shape index (κ2) is 70.1. The van der Waals surface area contributed by atoms with E-state index in [-0.39, 0.29) is 25.7 Å². The Morgan fingerprint density at radius 1 is 0.280 bits per heavy atom. The van der Waals surface area contributed by atoms with Gasteiger partial charge in [0.15, 0.2) is 12.2 Å². The van der Waals surface area contributed by atoms with Crippen LogP contribution in [-0.2, 0) is 65.4 Å². The van der Waals surface area contributed by atoms with Gasteiger partial charge in [-0.3, -0.25) is 37.3 Å². The van der Waals surface area contributed by atoms with Gasteiger partial charge >= 0.3 is 39.5 Å². The van der Waals surface area contributed by atoms with E-state index in [4.69, 9.17) is 37.0 Å². The minimum absolute atomic E-state index is 0.106. The Kier molecular flexibility index (Phi) is 68.7. The zero-order valence-corrected chi connectivity index (χ0v) is 67.6. The number of phosphoric ester groups is 2. The van der Waals surface area contributed by atoms with Gasteiger partial charge < -0.3 is 33.8 Å². The molecule has 100 heavy (non-hydrogen) atoms. The number of hydrogen-bond donors (Lipinski definition) is 3. The Labute approximate surface area is 613 Å². The van der Waals surface area contributed by atoms with Crippen LogP contribution in [0.25, 0.3) is 0 Å². The molecule has 0 heterocycles. The van der Waals surface area contributed by atoms with Crippen LogP contribution >= 0.6 is 15.6 Å². The minimum Gasteiger partial charge on any atom is -0.462 e. The summed E-state index contributed by atoms with van der Waals surface area (Å²) in [6, 6.07) is 0. The third-order valence-electron chi connectivity index (χ3n) is 19.9. The third-order valence-corrected chi connectivity index (χ3v) is 21.8. The predicted octanol–water partition coefficient (Wildman–Crippen LogP) is 24.0. The van der Waals surface area contributed by atoms with Crippen LogP contribution in [-0.4, -0.2) is 96.7 Å². The number of esters is 4. The largest absolute Gasteiger partial charge is 0.472 e. The lowest BCUT2D eigenvalue weighted by Gasteiger charge is -2.21. The highest BCUT2D eigenvalue weighted by Crippen LogP contribution is 2.45. The zero-order chi connectivity index (χ0) is 73.8. The molecule has 19 heteroatoms. The van der Waals surface area contributed by atoms with E-state index in [1.54, 1.807) is 0 Å². The van der Waals surface area contributed by atoms with Crippen molar-refractivity contribution in [1.29, 1.82) is 0 Å². The fourth-order valence-electron chi connectivity index (χ4n) is 12.3. The molecule has 594 valence electrons. The number of carbonyl (C=O) groups is 4. The van der Waals surface area contributed by atoms with Crippen LogP contribution in [0.5, 0.6) is 0 Å². The summed E-state index contributed by atoms with van der Waals surface area (Å²) in [6.45, 7) is 14.3. The summed E-state index contributed by atoms with van der Waals surface area (Å²) in [5, 5.41) is 10.6. The maximum Gasteiger partial charge on any atom is 0.472 e. The summed E-state index contributed by atoms with van der Waals surface area (Å²) >= 11 is 0. The average Bonchev–Trinajstić information content (AvgIpc) is 1.00. The number of carbonyl (C=O) groups excluding carboxylic acids is 4. The van der Waals surface area contributed by atoms with Gasteiger partial charge in [0.05, 0.1) is 26.4 Å². The van der Waals surface area contributed by atoms with E-state index in [9.17, 15) is 43.2 Å². The number of hydrogen-bond acceptors (Lipinski definition) is 15. The van der Waals surface area contributed by atoms with Crippen molar-refractivity contribution in [2.75, 3.05) is 39.6 Å². The standard InChI is InChI=1S/C81H158O17P2/c1-9-72(6)58-50-42-34-26-20-16-12-14-18-22-29-37-45-53-61-78(83)91-67-76(97-81(86)64-56-48-39-31-25-24-28-36-44-52-60-74(8)11-3)69-95-99(87,88)93-65-75(82)66-94-100(89,90)96-70-77(68-92-79(84)62-54-46-40-32-33-41-49-57-71(4)5)98-80(85)63-55-47-38-30-23-19-15-13-17-21-27-35-43-51-59-73(7)10-2/h71-77,82H,9-70H2,1-8H3,(H,87,88)(H,89,90)/t72?,73?,74?,75?,76-,77-/m1/s1. The minimum atomic E-state index is -4.96. The molecule has 0 aliphatic rings. The molecule has 0 aromatic carbocycles. The molecular formula is C81H158O17P2. The smallest absolute Gasteiger partial charge is 0.462 e. The molecule has 0 saturated carbocycles. The van der Waals surface area contributed by atoms with Crippen molar-refractivity contribution in [3.05, 3.63) is 0 Å². The summed E-state index contributed by atoms with van der Waals surface area (Å²) in [4.78, 5) is 73.0. The highest BCUT2D eigenvalue weighted by atomic mass is 31.2. The molecule has 0 aromatic rings. The van der Waals surface area contributed by atoms with Gasteiger partial charge in [-0.05, 0) is 49.4 Å². The normalized spacial score (nSPS) is 14.8. The van der Waals surface area contributed by atoms with Gasteiger partial charge in [0.1, 0.15) is 19.3 Å². The number of ether oxygens (including phenoxy) is 4. The third kappa shape index (κ3) is 70.4. The molecule has 8 atom stereocenters. The fraction of sp³-hybridized carbons (Fsp3) is 0.951. The first-order valence-corrected chi connectivity index (χ1v) is 44.8. The van der Waals surface area contributed by atoms with E-state index in [1.807, 2.05) is 0 Å². The molecular weight excluding hydrogens is 1310 g/mol. The highest BCUT2D eigenvalue weighted by Gasteiger charge is 2.30. The molecule has 0 bridgehead atoms. The first-order chi connectivity index (χ1) is 48.2. The summed E-state index contributed by atoms with van der Waals surface area (Å²) in [5.41, 5.74) is 0. The van der Waals surface area contributed by atoms with Crippen molar-refractivity contribution in [3.63, 3.8) is 0 Å². The number of phosphoric acid groups is 2. The lowest BCUT2D eigenvalue weighted by molar-refractivity contribution is -0.161. The maximum atomic E-state index is 13.1. The molecule has 0 aliphatic carbocycles. The second-order valence-corrected chi connectivity index (χ2v) is 33.3. The number of aliphatic hydroxyl groups is 1. The van der Waals surface area contributed by atoms with Gasteiger partial charge in [-0.2, -0.15) is 0 Å². The van der Waals surface area contributed by atoms with Gasteiger partial charge in [-0.15, -0.1) is 0 Å². The van der Waals surface area contributed by atoms with Crippen LogP contribution in [0.4, 0.5) is 0 Å². The molecule has 6 unspecified atom stereocenters. The molecule has 3 N–H and O–H groups in total. The van der Waals surface area contributed by atoms with E-state index in [0.717, 1.165) is 114 Å². The van der Waals surface area contributed by atoms with E-state index in [2.05, 4.69) is 55.4 Å². The Bertz CT molecular complexity index is 1960. The van der Waals surface area contributed by atoms with E-state index >= 15 is 0 Å². The molecule has 17 nitrogen and oxygen atoms in total. The molecule has 0 amide bonds. The highest BCUT2D eigenvalue weighted by molar-refractivity contribution is 7.47. The lowest BCUT2D eigenvalue weighted by Crippen LogP contribution is -2.30. The zero-order valence-electron chi connectivity index (χ0n) is 65.8. The van der Waals surface area contributed by atoms with Crippen molar-refractivity contribution < 1.29 is 80.2 Å². The van der Waals surface area contributed by atoms with E-state index in [1.165, 1.54) is 212 Å². The molecule has 0 rings (SSSR count). The van der Waals surface area contributed by atoms with Crippen molar-refractivity contribution in [2.24, 2.45) is 23.7 Å². The van der Waals surface area contributed by atoms with Crippen molar-refractivity contribution >= 4 is 39.5 Å². The molecule has 0 radical (unpaired) electrons. The number of aliphatic hydroxyl groups excluding tert-OH is 1. The average molecular weight is 1470 g/mol. The summed E-state index contributed by atoms with van der Waals surface area (Å²) in [7, 11) is -9.92. The first kappa shape index (κ1) is 98.1.